The molecule has 0 atom stereocenters. The fourth-order valence-corrected chi connectivity index (χ4v) is 3.14. The molecule has 2 heterocycles. The molecule has 0 bridgehead atoms. The molecule has 2 aromatic carbocycles. The number of benzene rings is 2. The van der Waals surface area contributed by atoms with Gasteiger partial charge < -0.3 is 10.7 Å². The van der Waals surface area contributed by atoms with Crippen LogP contribution in [0.15, 0.2) is 53.3 Å². The second kappa shape index (κ2) is 6.40. The number of hydrogen-bond donors (Lipinski definition) is 2. The summed E-state index contributed by atoms with van der Waals surface area (Å²) in [4.78, 5) is 27.9. The van der Waals surface area contributed by atoms with Crippen LogP contribution in [0.4, 0.5) is 5.95 Å². The number of halogens is 2. The minimum atomic E-state index is -0.256. The number of aromatic nitrogens is 4. The van der Waals surface area contributed by atoms with E-state index in [-0.39, 0.29) is 11.5 Å². The van der Waals surface area contributed by atoms with Crippen LogP contribution in [-0.2, 0) is 0 Å². The zero-order valence-corrected chi connectivity index (χ0v) is 14.7. The highest BCUT2D eigenvalue weighted by atomic mass is 35.5. The van der Waals surface area contributed by atoms with Gasteiger partial charge in [0.1, 0.15) is 5.69 Å². The number of nitrogen functional groups attached to an aromatic ring is 1. The number of nitrogens with one attached hydrogen (secondary N) is 1. The van der Waals surface area contributed by atoms with Crippen LogP contribution in [0.5, 0.6) is 0 Å². The molecule has 0 saturated heterocycles. The first-order valence-electron chi connectivity index (χ1n) is 7.61. The molecule has 0 amide bonds. The maximum Gasteiger partial charge on any atom is 0.259 e. The Kier molecular flexibility index (Phi) is 4.06. The van der Waals surface area contributed by atoms with Crippen molar-refractivity contribution in [1.82, 2.24) is 19.9 Å². The summed E-state index contributed by atoms with van der Waals surface area (Å²) in [6, 6.07) is 13.8. The van der Waals surface area contributed by atoms with Gasteiger partial charge in [-0.1, -0.05) is 35.3 Å². The van der Waals surface area contributed by atoms with Crippen LogP contribution >= 0.6 is 23.2 Å². The molecule has 26 heavy (non-hydrogen) atoms. The lowest BCUT2D eigenvalue weighted by Crippen LogP contribution is -2.10. The van der Waals surface area contributed by atoms with E-state index in [4.69, 9.17) is 28.9 Å². The van der Waals surface area contributed by atoms with Gasteiger partial charge in [-0.25, -0.2) is 15.0 Å². The largest absolute Gasteiger partial charge is 0.368 e. The Labute approximate surface area is 157 Å². The molecule has 4 aromatic rings. The van der Waals surface area contributed by atoms with E-state index in [2.05, 4.69) is 19.9 Å². The van der Waals surface area contributed by atoms with Crippen LogP contribution in [0.3, 0.4) is 0 Å². The zero-order chi connectivity index (χ0) is 18.3. The molecular weight excluding hydrogens is 373 g/mol. The molecule has 0 saturated carbocycles. The molecule has 4 rings (SSSR count). The molecule has 0 aliphatic rings. The molecule has 0 radical (unpaired) electrons. The van der Waals surface area contributed by atoms with Gasteiger partial charge in [0.2, 0.25) is 5.95 Å². The second-order valence-corrected chi connectivity index (χ2v) is 6.40. The SMILES string of the molecule is Nc1nc(-c2nc3ccccc3c(=O)[nH]2)cc(-c2ccc(Cl)cc2Cl)n1. The summed E-state index contributed by atoms with van der Waals surface area (Å²) in [6.45, 7) is 0. The van der Waals surface area contributed by atoms with Crippen molar-refractivity contribution in [1.29, 1.82) is 0 Å². The fraction of sp³-hybridized carbons (Fsp3) is 0. The lowest BCUT2D eigenvalue weighted by atomic mass is 10.1. The van der Waals surface area contributed by atoms with E-state index in [1.54, 1.807) is 42.5 Å². The molecule has 0 aliphatic heterocycles. The third-order valence-corrected chi connectivity index (χ3v) is 4.35. The maximum absolute atomic E-state index is 12.3. The Morgan fingerprint density at radius 1 is 0.923 bits per heavy atom. The molecule has 0 unspecified atom stereocenters. The number of nitrogens with zero attached hydrogens (tertiary/aromatic N) is 3. The van der Waals surface area contributed by atoms with Gasteiger partial charge in [0, 0.05) is 10.6 Å². The minimum Gasteiger partial charge on any atom is -0.368 e. The van der Waals surface area contributed by atoms with Crippen LogP contribution in [0, 0.1) is 0 Å². The van der Waals surface area contributed by atoms with Gasteiger partial charge in [-0.3, -0.25) is 4.79 Å². The Balaban J connectivity index is 1.91. The summed E-state index contributed by atoms with van der Waals surface area (Å²) in [5, 5.41) is 1.45. The Morgan fingerprint density at radius 2 is 1.69 bits per heavy atom. The van der Waals surface area contributed by atoms with Gasteiger partial charge in [-0.2, -0.15) is 0 Å². The van der Waals surface area contributed by atoms with Crippen molar-refractivity contribution in [2.75, 3.05) is 5.73 Å². The first-order chi connectivity index (χ1) is 12.5. The number of nitrogens with two attached hydrogens (primary N) is 1. The Hall–Kier alpha value is -2.96. The number of hydrogen-bond acceptors (Lipinski definition) is 5. The average molecular weight is 384 g/mol. The minimum absolute atomic E-state index is 0.0410. The number of aromatic amines is 1. The van der Waals surface area contributed by atoms with E-state index in [0.717, 1.165) is 0 Å². The lowest BCUT2D eigenvalue weighted by Gasteiger charge is -2.08. The van der Waals surface area contributed by atoms with Gasteiger partial charge in [0.15, 0.2) is 5.82 Å². The lowest BCUT2D eigenvalue weighted by molar-refractivity contribution is 1.12. The zero-order valence-electron chi connectivity index (χ0n) is 13.2. The van der Waals surface area contributed by atoms with Gasteiger partial charge in [0.05, 0.1) is 21.6 Å². The van der Waals surface area contributed by atoms with Crippen molar-refractivity contribution < 1.29 is 0 Å². The molecule has 2 aromatic heterocycles. The van der Waals surface area contributed by atoms with Crippen LogP contribution in [0.2, 0.25) is 10.0 Å². The van der Waals surface area contributed by atoms with E-state index in [0.29, 0.717) is 43.7 Å². The average Bonchev–Trinajstić information content (AvgIpc) is 2.61. The van der Waals surface area contributed by atoms with Crippen molar-refractivity contribution in [2.24, 2.45) is 0 Å². The molecule has 0 fully saturated rings. The first-order valence-corrected chi connectivity index (χ1v) is 8.36. The Bertz CT molecular complexity index is 1210. The molecule has 8 heteroatoms. The number of H-pyrrole nitrogens is 1. The van der Waals surface area contributed by atoms with Gasteiger partial charge >= 0.3 is 0 Å². The number of anilines is 1. The van der Waals surface area contributed by atoms with E-state index in [1.807, 2.05) is 6.07 Å². The van der Waals surface area contributed by atoms with Gasteiger partial charge in [-0.05, 0) is 36.4 Å². The fourth-order valence-electron chi connectivity index (χ4n) is 2.63. The summed E-state index contributed by atoms with van der Waals surface area (Å²) in [5.74, 6) is 0.341. The quantitative estimate of drug-likeness (QED) is 0.546. The van der Waals surface area contributed by atoms with Crippen LogP contribution < -0.4 is 11.3 Å². The number of para-hydroxylation sites is 1. The molecular formula is C18H11Cl2N5O. The van der Waals surface area contributed by atoms with E-state index >= 15 is 0 Å². The van der Waals surface area contributed by atoms with E-state index < -0.39 is 0 Å². The van der Waals surface area contributed by atoms with Crippen molar-refractivity contribution in [3.63, 3.8) is 0 Å². The van der Waals surface area contributed by atoms with Crippen molar-refractivity contribution in [3.8, 4) is 22.8 Å². The number of rotatable bonds is 2. The summed E-state index contributed by atoms with van der Waals surface area (Å²) in [5.41, 5.74) is 7.70. The monoisotopic (exact) mass is 383 g/mol. The van der Waals surface area contributed by atoms with Crippen LogP contribution in [0.1, 0.15) is 0 Å². The predicted octanol–water partition coefficient (Wildman–Crippen LogP) is 3.94. The first kappa shape index (κ1) is 16.5. The van der Waals surface area contributed by atoms with Gasteiger partial charge in [0.25, 0.3) is 5.56 Å². The molecule has 6 nitrogen and oxygen atoms in total. The Morgan fingerprint density at radius 3 is 2.50 bits per heavy atom. The van der Waals surface area contributed by atoms with Crippen LogP contribution in [0.25, 0.3) is 33.7 Å². The third-order valence-electron chi connectivity index (χ3n) is 3.81. The molecule has 3 N–H and O–H groups in total. The molecule has 0 spiro atoms. The number of fused-ring (bicyclic) bond motifs is 1. The normalized spacial score (nSPS) is 11.0. The molecule has 128 valence electrons. The standard InChI is InChI=1S/C18H11Cl2N5O/c19-9-5-6-10(12(20)7-9)14-8-15(24-18(21)23-14)16-22-13-4-2-1-3-11(13)17(26)25-16/h1-8H,(H2,21,23,24)(H,22,25,26). The highest BCUT2D eigenvalue weighted by Gasteiger charge is 2.13. The van der Waals surface area contributed by atoms with Crippen LogP contribution in [-0.4, -0.2) is 19.9 Å². The third kappa shape index (κ3) is 3.00. The second-order valence-electron chi connectivity index (χ2n) is 5.55. The summed E-state index contributed by atoms with van der Waals surface area (Å²) in [6.07, 6.45) is 0. The molecule has 0 aliphatic carbocycles. The summed E-state index contributed by atoms with van der Waals surface area (Å²) >= 11 is 12.2. The smallest absolute Gasteiger partial charge is 0.259 e. The van der Waals surface area contributed by atoms with E-state index in [1.165, 1.54) is 0 Å². The topological polar surface area (TPSA) is 97.5 Å². The highest BCUT2D eigenvalue weighted by Crippen LogP contribution is 2.31. The van der Waals surface area contributed by atoms with Crippen molar-refractivity contribution >= 4 is 40.1 Å². The van der Waals surface area contributed by atoms with Crippen molar-refractivity contribution in [2.45, 2.75) is 0 Å². The predicted molar refractivity (Wildman–Crippen MR) is 103 cm³/mol. The highest BCUT2D eigenvalue weighted by molar-refractivity contribution is 6.36. The maximum atomic E-state index is 12.3. The van der Waals surface area contributed by atoms with E-state index in [9.17, 15) is 4.79 Å². The summed E-state index contributed by atoms with van der Waals surface area (Å²) in [7, 11) is 0. The summed E-state index contributed by atoms with van der Waals surface area (Å²) < 4.78 is 0. The van der Waals surface area contributed by atoms with Crippen molar-refractivity contribution in [3.05, 3.63) is 68.9 Å². The van der Waals surface area contributed by atoms with Gasteiger partial charge in [-0.15, -0.1) is 0 Å².